The molecule has 3 aromatic rings. The molecule has 0 unspecified atom stereocenters. The van der Waals surface area contributed by atoms with Gasteiger partial charge in [-0.15, -0.1) is 0 Å². The molecule has 0 bridgehead atoms. The molecule has 0 aliphatic carbocycles. The van der Waals surface area contributed by atoms with Gasteiger partial charge in [0.15, 0.2) is 0 Å². The van der Waals surface area contributed by atoms with E-state index in [9.17, 15) is 18.0 Å². The van der Waals surface area contributed by atoms with E-state index in [-0.39, 0.29) is 23.0 Å². The summed E-state index contributed by atoms with van der Waals surface area (Å²) >= 11 is 0. The fourth-order valence-electron chi connectivity index (χ4n) is 4.24. The van der Waals surface area contributed by atoms with Gasteiger partial charge in [0.25, 0.3) is 10.0 Å². The van der Waals surface area contributed by atoms with Gasteiger partial charge in [-0.2, -0.15) is 0 Å². The molecule has 1 N–H and O–H groups in total. The second-order valence-electron chi connectivity index (χ2n) is 9.64. The van der Waals surface area contributed by atoms with Gasteiger partial charge in [0.2, 0.25) is 11.8 Å². The number of ether oxygens (including phenoxy) is 1. The summed E-state index contributed by atoms with van der Waals surface area (Å²) in [5, 5.41) is 2.86. The number of amides is 2. The molecule has 0 saturated carbocycles. The Balaban J connectivity index is 2.08. The Bertz CT molecular complexity index is 1410. The van der Waals surface area contributed by atoms with Crippen molar-refractivity contribution in [1.29, 1.82) is 0 Å². The molecule has 0 aliphatic heterocycles. The van der Waals surface area contributed by atoms with E-state index in [2.05, 4.69) is 5.32 Å². The van der Waals surface area contributed by atoms with E-state index < -0.39 is 28.5 Å². The molecule has 0 aromatic heterocycles. The maximum Gasteiger partial charge on any atom is 0.264 e. The van der Waals surface area contributed by atoms with Gasteiger partial charge >= 0.3 is 0 Å². The van der Waals surface area contributed by atoms with Crippen LogP contribution in [0.5, 0.6) is 5.75 Å². The minimum absolute atomic E-state index is 0.0522. The molecule has 3 aromatic carbocycles. The molecule has 0 spiro atoms. The summed E-state index contributed by atoms with van der Waals surface area (Å²) in [5.74, 6) is -0.469. The Kier molecular flexibility index (Phi) is 10.7. The van der Waals surface area contributed by atoms with Gasteiger partial charge in [-0.1, -0.05) is 61.0 Å². The molecule has 0 radical (unpaired) electrons. The highest BCUT2D eigenvalue weighted by molar-refractivity contribution is 7.92. The van der Waals surface area contributed by atoms with E-state index in [0.29, 0.717) is 18.9 Å². The molecule has 2 amide bonds. The Morgan fingerprint density at radius 2 is 1.57 bits per heavy atom. The van der Waals surface area contributed by atoms with Crippen molar-refractivity contribution < 1.29 is 22.7 Å². The number of sulfonamides is 1. The summed E-state index contributed by atoms with van der Waals surface area (Å²) < 4.78 is 34.9. The number of nitrogens with zero attached hydrogens (tertiary/aromatic N) is 2. The van der Waals surface area contributed by atoms with Crippen LogP contribution in [0.15, 0.2) is 77.7 Å². The number of nitrogens with one attached hydrogen (secondary N) is 1. The van der Waals surface area contributed by atoms with Crippen molar-refractivity contribution in [2.45, 2.75) is 58.5 Å². The van der Waals surface area contributed by atoms with Crippen LogP contribution in [-0.4, -0.2) is 50.9 Å². The van der Waals surface area contributed by atoms with Gasteiger partial charge in [0, 0.05) is 13.1 Å². The zero-order valence-electron chi connectivity index (χ0n) is 23.9. The largest absolute Gasteiger partial charge is 0.492 e. The third-order valence-electron chi connectivity index (χ3n) is 6.64. The van der Waals surface area contributed by atoms with E-state index >= 15 is 0 Å². The summed E-state index contributed by atoms with van der Waals surface area (Å²) in [7, 11) is -4.18. The van der Waals surface area contributed by atoms with Crippen molar-refractivity contribution in [3.8, 4) is 5.75 Å². The number of hydrogen-bond acceptors (Lipinski definition) is 5. The Morgan fingerprint density at radius 1 is 0.925 bits per heavy atom. The van der Waals surface area contributed by atoms with Crippen LogP contribution in [0.25, 0.3) is 0 Å². The first kappa shape index (κ1) is 30.7. The Labute approximate surface area is 238 Å². The van der Waals surface area contributed by atoms with Crippen LogP contribution in [-0.2, 0) is 26.2 Å². The zero-order valence-corrected chi connectivity index (χ0v) is 24.7. The Morgan fingerprint density at radius 3 is 2.23 bits per heavy atom. The van der Waals surface area contributed by atoms with Crippen LogP contribution in [0.3, 0.4) is 0 Å². The number of carbonyl (C=O) groups is 2. The maximum atomic E-state index is 14.1. The zero-order chi connectivity index (χ0) is 29.3. The SMILES string of the molecule is CCCNC(=O)[C@H](C)N(Cc1ccccc1C)C(=O)CN(c1ccccc1OCC)S(=O)(=O)c1ccc(C)cc1. The standard InChI is InChI=1S/C31H39N3O5S/c1-6-20-32-31(36)25(5)33(21-26-13-9-8-12-24(26)4)30(35)22-34(28-14-10-11-15-29(28)39-7-2)40(37,38)27-18-16-23(3)17-19-27/h8-19,25H,6-7,20-22H2,1-5H3,(H,32,36)/t25-/m0/s1. The third kappa shape index (κ3) is 7.41. The second kappa shape index (κ2) is 14.0. The fraction of sp³-hybridized carbons (Fsp3) is 0.355. The normalized spacial score (nSPS) is 11.9. The molecule has 1 atom stereocenters. The first-order chi connectivity index (χ1) is 19.1. The number of anilines is 1. The number of benzene rings is 3. The Hall–Kier alpha value is -3.85. The quantitative estimate of drug-likeness (QED) is 0.320. The topological polar surface area (TPSA) is 96.0 Å². The number of para-hydroxylation sites is 2. The van der Waals surface area contributed by atoms with Crippen LogP contribution in [0, 0.1) is 13.8 Å². The van der Waals surface area contributed by atoms with Crippen LogP contribution in [0.2, 0.25) is 0 Å². The van der Waals surface area contributed by atoms with Crippen molar-refractivity contribution in [3.05, 3.63) is 89.5 Å². The van der Waals surface area contributed by atoms with Crippen LogP contribution in [0.4, 0.5) is 5.69 Å². The summed E-state index contributed by atoms with van der Waals surface area (Å²) in [4.78, 5) is 28.6. The lowest BCUT2D eigenvalue weighted by molar-refractivity contribution is -0.139. The number of rotatable bonds is 13. The van der Waals surface area contributed by atoms with Crippen molar-refractivity contribution in [2.75, 3.05) is 24.0 Å². The highest BCUT2D eigenvalue weighted by Crippen LogP contribution is 2.33. The van der Waals surface area contributed by atoms with E-state index in [1.807, 2.05) is 45.0 Å². The second-order valence-corrected chi connectivity index (χ2v) is 11.5. The predicted octanol–water partition coefficient (Wildman–Crippen LogP) is 4.84. The molecule has 9 heteroatoms. The average Bonchev–Trinajstić information content (AvgIpc) is 2.94. The summed E-state index contributed by atoms with van der Waals surface area (Å²) in [5.41, 5.74) is 2.99. The molecular weight excluding hydrogens is 526 g/mol. The van der Waals surface area contributed by atoms with Crippen LogP contribution in [0.1, 0.15) is 43.9 Å². The lowest BCUT2D eigenvalue weighted by Gasteiger charge is -2.32. The molecule has 214 valence electrons. The van der Waals surface area contributed by atoms with Crippen molar-refractivity contribution in [2.24, 2.45) is 0 Å². The minimum Gasteiger partial charge on any atom is -0.492 e. The third-order valence-corrected chi connectivity index (χ3v) is 8.41. The first-order valence-electron chi connectivity index (χ1n) is 13.5. The monoisotopic (exact) mass is 565 g/mol. The van der Waals surface area contributed by atoms with Crippen molar-refractivity contribution in [3.63, 3.8) is 0 Å². The molecule has 3 rings (SSSR count). The van der Waals surface area contributed by atoms with Crippen LogP contribution >= 0.6 is 0 Å². The average molecular weight is 566 g/mol. The van der Waals surface area contributed by atoms with Gasteiger partial charge in [-0.05, 0) is 69.5 Å². The molecule has 0 heterocycles. The van der Waals surface area contributed by atoms with E-state index in [0.717, 1.165) is 27.4 Å². The molecule has 0 fully saturated rings. The lowest BCUT2D eigenvalue weighted by atomic mass is 10.1. The van der Waals surface area contributed by atoms with Gasteiger partial charge in [-0.25, -0.2) is 8.42 Å². The van der Waals surface area contributed by atoms with Gasteiger partial charge in [-0.3, -0.25) is 13.9 Å². The highest BCUT2D eigenvalue weighted by atomic mass is 32.2. The molecule has 40 heavy (non-hydrogen) atoms. The van der Waals surface area contributed by atoms with E-state index in [1.54, 1.807) is 50.2 Å². The van der Waals surface area contributed by atoms with Gasteiger partial charge in [0.05, 0.1) is 17.2 Å². The minimum atomic E-state index is -4.18. The van der Waals surface area contributed by atoms with Gasteiger partial charge in [0.1, 0.15) is 18.3 Å². The van der Waals surface area contributed by atoms with E-state index in [4.69, 9.17) is 4.74 Å². The van der Waals surface area contributed by atoms with Crippen molar-refractivity contribution in [1.82, 2.24) is 10.2 Å². The first-order valence-corrected chi connectivity index (χ1v) is 15.0. The summed E-state index contributed by atoms with van der Waals surface area (Å²) in [6.45, 7) is 9.65. The fourth-order valence-corrected chi connectivity index (χ4v) is 5.67. The van der Waals surface area contributed by atoms with E-state index in [1.165, 1.54) is 17.0 Å². The predicted molar refractivity (Wildman–Crippen MR) is 158 cm³/mol. The molecular formula is C31H39N3O5S. The maximum absolute atomic E-state index is 14.1. The molecule has 0 aliphatic rings. The molecule has 0 saturated heterocycles. The van der Waals surface area contributed by atoms with Crippen molar-refractivity contribution >= 4 is 27.5 Å². The number of aryl methyl sites for hydroxylation is 2. The van der Waals surface area contributed by atoms with Crippen LogP contribution < -0.4 is 14.4 Å². The number of hydrogen-bond donors (Lipinski definition) is 1. The van der Waals surface area contributed by atoms with Gasteiger partial charge < -0.3 is 15.0 Å². The lowest BCUT2D eigenvalue weighted by Crippen LogP contribution is -2.51. The summed E-state index contributed by atoms with van der Waals surface area (Å²) in [6, 6.07) is 20.0. The smallest absolute Gasteiger partial charge is 0.264 e. The molecule has 8 nitrogen and oxygen atoms in total. The number of carbonyl (C=O) groups excluding carboxylic acids is 2. The summed E-state index contributed by atoms with van der Waals surface area (Å²) in [6.07, 6.45) is 0.751. The highest BCUT2D eigenvalue weighted by Gasteiger charge is 2.33.